The third-order valence-corrected chi connectivity index (χ3v) is 8.12. The van der Waals surface area contributed by atoms with Gasteiger partial charge in [-0.25, -0.2) is 0 Å². The van der Waals surface area contributed by atoms with Gasteiger partial charge < -0.3 is 8.80 Å². The lowest BCUT2D eigenvalue weighted by molar-refractivity contribution is 1.27. The second kappa shape index (κ2) is 5.58. The fourth-order valence-corrected chi connectivity index (χ4v) is 6.82. The van der Waals surface area contributed by atoms with Crippen LogP contribution < -0.4 is 0 Å². The molecular weight excluding hydrogens is 444 g/mol. The van der Waals surface area contributed by atoms with Crippen LogP contribution in [-0.4, -0.2) is 28.7 Å². The van der Waals surface area contributed by atoms with Crippen LogP contribution in [0.3, 0.4) is 0 Å². The predicted octanol–water partition coefficient (Wildman–Crippen LogP) is 6.72. The third kappa shape index (κ3) is 1.70. The summed E-state index contributed by atoms with van der Waals surface area (Å²) in [5.41, 5.74) is 6.92. The van der Waals surface area contributed by atoms with Crippen molar-refractivity contribution >= 4 is 87.0 Å². The molecule has 0 saturated heterocycles. The van der Waals surface area contributed by atoms with Gasteiger partial charge in [-0.05, 0) is 47.2 Å². The van der Waals surface area contributed by atoms with E-state index in [4.69, 9.17) is 0 Å². The van der Waals surface area contributed by atoms with Crippen molar-refractivity contribution in [1.82, 2.24) is 28.7 Å². The second-order valence-corrected chi connectivity index (χ2v) is 9.63. The Hall–Kier alpha value is -5.10. The lowest BCUT2D eigenvalue weighted by Gasteiger charge is -2.06. The average molecular weight is 458 g/mol. The zero-order chi connectivity index (χ0) is 23.1. The van der Waals surface area contributed by atoms with E-state index in [0.717, 1.165) is 22.1 Å². The van der Waals surface area contributed by atoms with Crippen LogP contribution in [0.1, 0.15) is 0 Å². The van der Waals surface area contributed by atoms with E-state index in [9.17, 15) is 0 Å². The van der Waals surface area contributed by atoms with Gasteiger partial charge >= 0.3 is 0 Å². The topological polar surface area (TPSA) is 60.4 Å². The highest BCUT2D eigenvalue weighted by molar-refractivity contribution is 6.39. The van der Waals surface area contributed by atoms with Gasteiger partial charge in [-0.1, -0.05) is 0 Å². The number of hydrogen-bond acceptors (Lipinski definition) is 4. The summed E-state index contributed by atoms with van der Waals surface area (Å²) in [6.45, 7) is 0. The van der Waals surface area contributed by atoms with Crippen LogP contribution in [0.2, 0.25) is 0 Å². The summed E-state index contributed by atoms with van der Waals surface area (Å²) in [4.78, 5) is 17.9. The molecule has 6 heteroatoms. The lowest BCUT2D eigenvalue weighted by atomic mass is 9.95. The Morgan fingerprint density at radius 1 is 0.389 bits per heavy atom. The molecule has 0 amide bonds. The predicted molar refractivity (Wildman–Crippen MR) is 144 cm³/mol. The van der Waals surface area contributed by atoms with Gasteiger partial charge in [0.1, 0.15) is 0 Å². The van der Waals surface area contributed by atoms with E-state index in [1.165, 1.54) is 64.9 Å². The SMILES string of the molecule is c1cc2c3cc4c(cc5c6ccncc6n6c7cnccc7c4c56)c4c5ccncc5n(c2cn1)c34. The smallest absolute Gasteiger partial charge is 0.0725 e. The fourth-order valence-electron chi connectivity index (χ4n) is 6.82. The van der Waals surface area contributed by atoms with Crippen LogP contribution in [0.4, 0.5) is 0 Å². The van der Waals surface area contributed by atoms with Crippen molar-refractivity contribution in [2.45, 2.75) is 0 Å². The normalized spacial score (nSPS) is 13.0. The maximum absolute atomic E-state index is 4.49. The Kier molecular flexibility index (Phi) is 2.69. The molecule has 0 aliphatic rings. The molecule has 6 nitrogen and oxygen atoms in total. The van der Waals surface area contributed by atoms with Gasteiger partial charge in [0, 0.05) is 67.9 Å². The van der Waals surface area contributed by atoms with E-state index in [-0.39, 0.29) is 0 Å². The number of fused-ring (bicyclic) bond motifs is 15. The Morgan fingerprint density at radius 2 is 0.750 bits per heavy atom. The minimum Gasteiger partial charge on any atom is -0.305 e. The van der Waals surface area contributed by atoms with Crippen molar-refractivity contribution in [3.05, 3.63) is 86.0 Å². The Morgan fingerprint density at radius 3 is 1.17 bits per heavy atom. The summed E-state index contributed by atoms with van der Waals surface area (Å²) < 4.78 is 4.67. The van der Waals surface area contributed by atoms with Gasteiger partial charge in [-0.3, -0.25) is 19.9 Å². The van der Waals surface area contributed by atoms with Crippen LogP contribution in [0.15, 0.2) is 86.0 Å². The second-order valence-electron chi connectivity index (χ2n) is 9.63. The van der Waals surface area contributed by atoms with Crippen LogP contribution in [0.5, 0.6) is 0 Å². The number of rotatable bonds is 0. The summed E-state index contributed by atoms with van der Waals surface area (Å²) in [5, 5.41) is 12.4. The molecule has 0 spiro atoms. The van der Waals surface area contributed by atoms with Crippen molar-refractivity contribution in [1.29, 1.82) is 0 Å². The summed E-state index contributed by atoms with van der Waals surface area (Å²) >= 11 is 0. The van der Waals surface area contributed by atoms with E-state index in [1.54, 1.807) is 0 Å². The van der Waals surface area contributed by atoms with Crippen molar-refractivity contribution in [3.8, 4) is 0 Å². The standard InChI is InChI=1S/C30H14N6/c1-5-31-11-23-15(1)21-9-19-20(27-17-3-7-33-13-25(17)35(23)29(21)27)10-22-16-2-6-32-12-24(16)36-26-14-34-8-4-18(26)28(19)30(22)36/h1-14H. The molecule has 0 aliphatic carbocycles. The molecule has 0 N–H and O–H groups in total. The molecule has 10 rings (SSSR count). The molecule has 0 fully saturated rings. The Labute approximate surface area is 201 Å². The highest BCUT2D eigenvalue weighted by Gasteiger charge is 2.25. The molecule has 0 saturated carbocycles. The zero-order valence-electron chi connectivity index (χ0n) is 18.8. The number of pyridine rings is 4. The van der Waals surface area contributed by atoms with Gasteiger partial charge in [0.25, 0.3) is 0 Å². The number of benzene rings is 2. The summed E-state index contributed by atoms with van der Waals surface area (Å²) in [6.07, 6.45) is 15.4. The average Bonchev–Trinajstić information content (AvgIpc) is 3.65. The van der Waals surface area contributed by atoms with Crippen LogP contribution in [0, 0.1) is 0 Å². The van der Waals surface area contributed by atoms with Gasteiger partial charge in [0.05, 0.1) is 57.9 Å². The van der Waals surface area contributed by atoms with E-state index < -0.39 is 0 Å². The molecule has 0 atom stereocenters. The highest BCUT2D eigenvalue weighted by atomic mass is 14.9. The highest BCUT2D eigenvalue weighted by Crippen LogP contribution is 2.48. The molecule has 10 aromatic rings. The molecule has 8 heterocycles. The minimum absolute atomic E-state index is 1.11. The van der Waals surface area contributed by atoms with Crippen LogP contribution in [0.25, 0.3) is 87.0 Å². The van der Waals surface area contributed by atoms with Gasteiger partial charge in [-0.2, -0.15) is 0 Å². The first-order valence-electron chi connectivity index (χ1n) is 12.0. The summed E-state index contributed by atoms with van der Waals surface area (Å²) in [5.74, 6) is 0. The zero-order valence-corrected chi connectivity index (χ0v) is 18.8. The van der Waals surface area contributed by atoms with Crippen molar-refractivity contribution in [2.75, 3.05) is 0 Å². The number of hydrogen-bond donors (Lipinski definition) is 0. The monoisotopic (exact) mass is 458 g/mol. The molecule has 0 unspecified atom stereocenters. The molecule has 0 bridgehead atoms. The third-order valence-electron chi connectivity index (χ3n) is 8.12. The number of aromatic nitrogens is 6. The quantitative estimate of drug-likeness (QED) is 0.253. The molecule has 36 heavy (non-hydrogen) atoms. The van der Waals surface area contributed by atoms with E-state index in [1.807, 2.05) is 49.6 Å². The fraction of sp³-hybridized carbons (Fsp3) is 0. The van der Waals surface area contributed by atoms with E-state index >= 15 is 0 Å². The largest absolute Gasteiger partial charge is 0.305 e. The molecule has 8 aromatic heterocycles. The first-order chi connectivity index (χ1) is 17.9. The molecule has 0 radical (unpaired) electrons. The van der Waals surface area contributed by atoms with Crippen molar-refractivity contribution in [3.63, 3.8) is 0 Å². The van der Waals surface area contributed by atoms with E-state index in [0.29, 0.717) is 0 Å². The maximum atomic E-state index is 4.49. The Balaban J connectivity index is 1.65. The van der Waals surface area contributed by atoms with Crippen LogP contribution in [-0.2, 0) is 0 Å². The molecule has 0 aliphatic heterocycles. The lowest BCUT2D eigenvalue weighted by Crippen LogP contribution is -1.81. The first-order valence-corrected chi connectivity index (χ1v) is 12.0. The first kappa shape index (κ1) is 17.4. The van der Waals surface area contributed by atoms with Crippen molar-refractivity contribution < 1.29 is 0 Å². The van der Waals surface area contributed by atoms with Crippen LogP contribution >= 0.6 is 0 Å². The van der Waals surface area contributed by atoms with Crippen molar-refractivity contribution in [2.24, 2.45) is 0 Å². The minimum atomic E-state index is 1.11. The molecule has 164 valence electrons. The maximum Gasteiger partial charge on any atom is 0.0725 e. The van der Waals surface area contributed by atoms with Gasteiger partial charge in [0.15, 0.2) is 0 Å². The van der Waals surface area contributed by atoms with E-state index in [2.05, 4.69) is 65.1 Å². The summed E-state index contributed by atoms with van der Waals surface area (Å²) in [7, 11) is 0. The van der Waals surface area contributed by atoms with Gasteiger partial charge in [0.2, 0.25) is 0 Å². The molecular formula is C30H14N6. The Bertz CT molecular complexity index is 2360. The molecule has 2 aromatic carbocycles. The van der Waals surface area contributed by atoms with Gasteiger partial charge in [-0.15, -0.1) is 0 Å². The number of nitrogens with zero attached hydrogens (tertiary/aromatic N) is 6. The summed E-state index contributed by atoms with van der Waals surface area (Å²) in [6, 6.07) is 13.3.